The molecule has 1 unspecified atom stereocenters. The second-order valence-corrected chi connectivity index (χ2v) is 6.93. The maximum Gasteiger partial charge on any atom is 0.123 e. The van der Waals surface area contributed by atoms with Crippen molar-refractivity contribution in [3.8, 4) is 0 Å². The van der Waals surface area contributed by atoms with E-state index in [9.17, 15) is 4.39 Å². The first-order valence-corrected chi connectivity index (χ1v) is 7.66. The normalized spacial score (nSPS) is 19.3. The molecule has 21 heavy (non-hydrogen) atoms. The van der Waals surface area contributed by atoms with E-state index in [-0.39, 0.29) is 11.4 Å². The van der Waals surface area contributed by atoms with Gasteiger partial charge in [0.15, 0.2) is 0 Å². The van der Waals surface area contributed by atoms with Crippen LogP contribution in [0.2, 0.25) is 0 Å². The van der Waals surface area contributed by atoms with Crippen LogP contribution in [0.5, 0.6) is 0 Å². The average molecular weight is 294 g/mol. The summed E-state index contributed by atoms with van der Waals surface area (Å²) in [5.74, 6) is 0.403. The van der Waals surface area contributed by atoms with Crippen molar-refractivity contribution in [3.63, 3.8) is 0 Å². The summed E-state index contributed by atoms with van der Waals surface area (Å²) < 4.78 is 18.8. The molecule has 0 radical (unpaired) electrons. The van der Waals surface area contributed by atoms with Crippen LogP contribution in [-0.2, 0) is 11.3 Å². The van der Waals surface area contributed by atoms with Crippen LogP contribution in [0.4, 0.5) is 10.1 Å². The van der Waals surface area contributed by atoms with Gasteiger partial charge in [-0.05, 0) is 51.0 Å². The van der Waals surface area contributed by atoms with Gasteiger partial charge in [-0.2, -0.15) is 0 Å². The molecule has 0 aliphatic carbocycles. The molecule has 2 rings (SSSR count). The first-order chi connectivity index (χ1) is 9.89. The molecule has 0 spiro atoms. The number of hydrogen-bond donors (Lipinski definition) is 1. The molecule has 0 aromatic heterocycles. The monoisotopic (exact) mass is 294 g/mol. The third-order valence-corrected chi connectivity index (χ3v) is 3.88. The zero-order valence-corrected chi connectivity index (χ0v) is 13.6. The SMILES string of the molecule is COCC1CCN(c2ccc(F)cc2CNC(C)(C)C)C1. The van der Waals surface area contributed by atoms with Crippen molar-refractivity contribution in [1.82, 2.24) is 5.32 Å². The highest BCUT2D eigenvalue weighted by Gasteiger charge is 2.24. The van der Waals surface area contributed by atoms with E-state index in [0.717, 1.165) is 37.4 Å². The topological polar surface area (TPSA) is 24.5 Å². The summed E-state index contributed by atoms with van der Waals surface area (Å²) in [6.45, 7) is 9.85. The van der Waals surface area contributed by atoms with Gasteiger partial charge in [0, 0.05) is 43.9 Å². The van der Waals surface area contributed by atoms with Crippen molar-refractivity contribution in [3.05, 3.63) is 29.6 Å². The minimum Gasteiger partial charge on any atom is -0.384 e. The van der Waals surface area contributed by atoms with E-state index in [4.69, 9.17) is 4.74 Å². The lowest BCUT2D eigenvalue weighted by Crippen LogP contribution is -2.35. The van der Waals surface area contributed by atoms with Gasteiger partial charge in [-0.3, -0.25) is 0 Å². The van der Waals surface area contributed by atoms with E-state index in [1.54, 1.807) is 19.2 Å². The van der Waals surface area contributed by atoms with Crippen molar-refractivity contribution in [1.29, 1.82) is 0 Å². The van der Waals surface area contributed by atoms with Gasteiger partial charge in [0.25, 0.3) is 0 Å². The Morgan fingerprint density at radius 2 is 2.14 bits per heavy atom. The smallest absolute Gasteiger partial charge is 0.123 e. The van der Waals surface area contributed by atoms with E-state index in [2.05, 4.69) is 31.0 Å². The van der Waals surface area contributed by atoms with E-state index in [1.165, 1.54) is 0 Å². The van der Waals surface area contributed by atoms with Gasteiger partial charge in [0.05, 0.1) is 6.61 Å². The number of hydrogen-bond acceptors (Lipinski definition) is 3. The molecule has 4 heteroatoms. The first kappa shape index (κ1) is 16.2. The third kappa shape index (κ3) is 4.68. The maximum atomic E-state index is 13.6. The second-order valence-electron chi connectivity index (χ2n) is 6.93. The summed E-state index contributed by atoms with van der Waals surface area (Å²) in [6, 6.07) is 5.11. The van der Waals surface area contributed by atoms with Crippen LogP contribution in [0.3, 0.4) is 0 Å². The predicted octanol–water partition coefficient (Wildman–Crippen LogP) is 3.19. The fraction of sp³-hybridized carbons (Fsp3) is 0.647. The van der Waals surface area contributed by atoms with Crippen molar-refractivity contribution in [2.24, 2.45) is 5.92 Å². The number of benzene rings is 1. The Kier molecular flexibility index (Phi) is 5.22. The Morgan fingerprint density at radius 3 is 2.81 bits per heavy atom. The molecule has 1 N–H and O–H groups in total. The molecule has 1 fully saturated rings. The molecular formula is C17H27FN2O. The van der Waals surface area contributed by atoms with E-state index in [1.807, 2.05) is 6.07 Å². The van der Waals surface area contributed by atoms with Crippen molar-refractivity contribution in [2.45, 2.75) is 39.3 Å². The van der Waals surface area contributed by atoms with Crippen molar-refractivity contribution in [2.75, 3.05) is 31.7 Å². The Morgan fingerprint density at radius 1 is 1.38 bits per heavy atom. The predicted molar refractivity (Wildman–Crippen MR) is 85.2 cm³/mol. The maximum absolute atomic E-state index is 13.6. The number of halogens is 1. The first-order valence-electron chi connectivity index (χ1n) is 7.66. The molecule has 0 bridgehead atoms. The third-order valence-electron chi connectivity index (χ3n) is 3.88. The highest BCUT2D eigenvalue weighted by molar-refractivity contribution is 5.54. The lowest BCUT2D eigenvalue weighted by molar-refractivity contribution is 0.161. The van der Waals surface area contributed by atoms with Crippen LogP contribution < -0.4 is 10.2 Å². The molecule has 1 atom stereocenters. The molecule has 1 saturated heterocycles. The van der Waals surface area contributed by atoms with Crippen LogP contribution in [0.15, 0.2) is 18.2 Å². The molecule has 1 aliphatic rings. The van der Waals surface area contributed by atoms with Gasteiger partial charge >= 0.3 is 0 Å². The summed E-state index contributed by atoms with van der Waals surface area (Å²) in [4.78, 5) is 2.35. The fourth-order valence-electron chi connectivity index (χ4n) is 2.79. The molecular weight excluding hydrogens is 267 g/mol. The van der Waals surface area contributed by atoms with E-state index >= 15 is 0 Å². The number of ether oxygens (including phenoxy) is 1. The molecule has 0 amide bonds. The zero-order chi connectivity index (χ0) is 15.5. The van der Waals surface area contributed by atoms with E-state index < -0.39 is 0 Å². The van der Waals surface area contributed by atoms with Crippen molar-refractivity contribution < 1.29 is 9.13 Å². The van der Waals surface area contributed by atoms with Crippen LogP contribution in [0, 0.1) is 11.7 Å². The highest BCUT2D eigenvalue weighted by Crippen LogP contribution is 2.28. The van der Waals surface area contributed by atoms with Gasteiger partial charge in [0.1, 0.15) is 5.82 Å². The van der Waals surface area contributed by atoms with E-state index in [0.29, 0.717) is 12.5 Å². The fourth-order valence-corrected chi connectivity index (χ4v) is 2.79. The largest absolute Gasteiger partial charge is 0.384 e. The Bertz CT molecular complexity index is 470. The molecule has 118 valence electrons. The summed E-state index contributed by atoms with van der Waals surface area (Å²) in [5.41, 5.74) is 2.20. The molecule has 3 nitrogen and oxygen atoms in total. The number of rotatable bonds is 5. The zero-order valence-electron chi connectivity index (χ0n) is 13.6. The highest BCUT2D eigenvalue weighted by atomic mass is 19.1. The molecule has 0 saturated carbocycles. The molecule has 1 heterocycles. The van der Waals surface area contributed by atoms with Crippen LogP contribution in [-0.4, -0.2) is 32.3 Å². The van der Waals surface area contributed by atoms with Gasteiger partial charge in [-0.1, -0.05) is 0 Å². The molecule has 1 aromatic rings. The quantitative estimate of drug-likeness (QED) is 0.902. The lowest BCUT2D eigenvalue weighted by atomic mass is 10.1. The summed E-state index contributed by atoms with van der Waals surface area (Å²) in [6.07, 6.45) is 1.14. The Labute approximate surface area is 127 Å². The molecule has 1 aliphatic heterocycles. The van der Waals surface area contributed by atoms with Gasteiger partial charge in [0.2, 0.25) is 0 Å². The second kappa shape index (κ2) is 6.75. The van der Waals surface area contributed by atoms with Crippen LogP contribution in [0.1, 0.15) is 32.8 Å². The molecule has 1 aromatic carbocycles. The number of anilines is 1. The Hall–Kier alpha value is -1.13. The minimum absolute atomic E-state index is 0.0210. The summed E-state index contributed by atoms with van der Waals surface area (Å²) in [7, 11) is 1.75. The average Bonchev–Trinajstić information content (AvgIpc) is 2.84. The number of methoxy groups -OCH3 is 1. The summed E-state index contributed by atoms with van der Waals surface area (Å²) >= 11 is 0. The number of nitrogens with one attached hydrogen (secondary N) is 1. The van der Waals surface area contributed by atoms with Crippen LogP contribution in [0.25, 0.3) is 0 Å². The summed E-state index contributed by atoms with van der Waals surface area (Å²) in [5, 5.41) is 3.45. The lowest BCUT2D eigenvalue weighted by Gasteiger charge is -2.25. The van der Waals surface area contributed by atoms with Crippen molar-refractivity contribution >= 4 is 5.69 Å². The number of nitrogens with zero attached hydrogens (tertiary/aromatic N) is 1. The van der Waals surface area contributed by atoms with Gasteiger partial charge in [-0.25, -0.2) is 4.39 Å². The van der Waals surface area contributed by atoms with Gasteiger partial charge < -0.3 is 15.0 Å². The minimum atomic E-state index is -0.169. The van der Waals surface area contributed by atoms with Gasteiger partial charge in [-0.15, -0.1) is 0 Å². The Balaban J connectivity index is 2.12. The van der Waals surface area contributed by atoms with Crippen LogP contribution >= 0.6 is 0 Å². The standard InChI is InChI=1S/C17H27FN2O/c1-17(2,3)19-10-14-9-15(18)5-6-16(14)20-8-7-13(11-20)12-21-4/h5-6,9,13,19H,7-8,10-12H2,1-4H3.